The number of benzene rings is 1. The van der Waals surface area contributed by atoms with Crippen molar-refractivity contribution in [3.05, 3.63) is 35.4 Å². The van der Waals surface area contributed by atoms with E-state index in [4.69, 9.17) is 4.74 Å². The van der Waals surface area contributed by atoms with Gasteiger partial charge in [-0.25, -0.2) is 0 Å². The average Bonchev–Trinajstić information content (AvgIpc) is 2.29. The van der Waals surface area contributed by atoms with Gasteiger partial charge < -0.3 is 10.1 Å². The quantitative estimate of drug-likeness (QED) is 0.734. The van der Waals surface area contributed by atoms with Crippen molar-refractivity contribution in [1.29, 1.82) is 0 Å². The van der Waals surface area contributed by atoms with Crippen LogP contribution >= 0.6 is 0 Å². The summed E-state index contributed by atoms with van der Waals surface area (Å²) in [6, 6.07) is 8.70. The van der Waals surface area contributed by atoms with Crippen LogP contribution in [0.5, 0.6) is 0 Å². The highest BCUT2D eigenvalue weighted by Gasteiger charge is 2.14. The normalized spacial score (nSPS) is 11.8. The molecule has 0 bridgehead atoms. The van der Waals surface area contributed by atoms with Gasteiger partial charge in [0.2, 0.25) is 0 Å². The fourth-order valence-electron chi connectivity index (χ4n) is 1.72. The smallest absolute Gasteiger partial charge is 0.0634 e. The van der Waals surface area contributed by atoms with E-state index in [2.05, 4.69) is 50.4 Å². The minimum atomic E-state index is -0.0175. The fourth-order valence-corrected chi connectivity index (χ4v) is 1.72. The highest BCUT2D eigenvalue weighted by molar-refractivity contribution is 5.22. The molecule has 0 heterocycles. The second-order valence-corrected chi connectivity index (χ2v) is 5.20. The maximum atomic E-state index is 5.38. The molecule has 1 aromatic carbocycles. The second-order valence-electron chi connectivity index (χ2n) is 5.20. The van der Waals surface area contributed by atoms with Gasteiger partial charge in [-0.15, -0.1) is 0 Å². The summed E-state index contributed by atoms with van der Waals surface area (Å²) < 4.78 is 5.38. The Hall–Kier alpha value is -0.860. The molecule has 2 heteroatoms. The molecule has 1 N–H and O–H groups in total. The Balaban J connectivity index is 2.17. The Morgan fingerprint density at radius 1 is 1.24 bits per heavy atom. The third kappa shape index (κ3) is 5.85. The molecule has 0 aromatic heterocycles. The van der Waals surface area contributed by atoms with Gasteiger partial charge in [-0.05, 0) is 52.3 Å². The van der Waals surface area contributed by atoms with Gasteiger partial charge in [0.1, 0.15) is 0 Å². The first-order valence-electron chi connectivity index (χ1n) is 6.35. The molecule has 0 atom stereocenters. The van der Waals surface area contributed by atoms with E-state index < -0.39 is 0 Å². The molecule has 0 spiro atoms. The van der Waals surface area contributed by atoms with Crippen LogP contribution in [0.2, 0.25) is 0 Å². The molecule has 0 aliphatic rings. The zero-order chi connectivity index (χ0) is 12.7. The number of rotatable bonds is 7. The lowest BCUT2D eigenvalue weighted by Crippen LogP contribution is -2.29. The Labute approximate surface area is 105 Å². The van der Waals surface area contributed by atoms with Gasteiger partial charge in [0, 0.05) is 7.11 Å². The van der Waals surface area contributed by atoms with Crippen LogP contribution in [0.25, 0.3) is 0 Å². The highest BCUT2D eigenvalue weighted by Crippen LogP contribution is 2.11. The van der Waals surface area contributed by atoms with Gasteiger partial charge in [-0.2, -0.15) is 0 Å². The molecule has 0 unspecified atom stereocenters. The fraction of sp³-hybridized carbons (Fsp3) is 0.600. The first-order chi connectivity index (χ1) is 8.03. The van der Waals surface area contributed by atoms with E-state index in [-0.39, 0.29) is 5.60 Å². The molecule has 0 radical (unpaired) electrons. The average molecular weight is 235 g/mol. The molecule has 0 saturated carbocycles. The van der Waals surface area contributed by atoms with Crippen LogP contribution < -0.4 is 5.32 Å². The first-order valence-corrected chi connectivity index (χ1v) is 6.35. The number of hydrogen-bond acceptors (Lipinski definition) is 2. The zero-order valence-electron chi connectivity index (χ0n) is 11.5. The van der Waals surface area contributed by atoms with Gasteiger partial charge in [0.05, 0.1) is 5.60 Å². The van der Waals surface area contributed by atoms with Crippen molar-refractivity contribution in [2.45, 2.75) is 39.2 Å². The van der Waals surface area contributed by atoms with Crippen molar-refractivity contribution in [2.75, 3.05) is 20.2 Å². The topological polar surface area (TPSA) is 21.3 Å². The lowest BCUT2D eigenvalue weighted by Gasteiger charge is -2.22. The Morgan fingerprint density at radius 2 is 2.00 bits per heavy atom. The molecule has 1 rings (SSSR count). The third-order valence-corrected chi connectivity index (χ3v) is 3.13. The van der Waals surface area contributed by atoms with Gasteiger partial charge in [0.25, 0.3) is 0 Å². The molecule has 96 valence electrons. The predicted molar refractivity (Wildman–Crippen MR) is 73.5 cm³/mol. The number of methoxy groups -OCH3 is 1. The van der Waals surface area contributed by atoms with Crippen molar-refractivity contribution in [2.24, 2.45) is 0 Å². The molecule has 17 heavy (non-hydrogen) atoms. The molecule has 0 saturated heterocycles. The van der Waals surface area contributed by atoms with E-state index in [0.29, 0.717) is 0 Å². The summed E-state index contributed by atoms with van der Waals surface area (Å²) in [7, 11) is 1.77. The Kier molecular flexibility index (Phi) is 5.66. The summed E-state index contributed by atoms with van der Waals surface area (Å²) in [5, 5.41) is 3.46. The largest absolute Gasteiger partial charge is 0.379 e. The van der Waals surface area contributed by atoms with Crippen molar-refractivity contribution < 1.29 is 4.74 Å². The first kappa shape index (κ1) is 14.2. The van der Waals surface area contributed by atoms with E-state index in [1.165, 1.54) is 11.1 Å². The van der Waals surface area contributed by atoms with Crippen molar-refractivity contribution in [1.82, 2.24) is 5.32 Å². The summed E-state index contributed by atoms with van der Waals surface area (Å²) in [6.07, 6.45) is 2.13. The van der Waals surface area contributed by atoms with E-state index >= 15 is 0 Å². The molecule has 0 amide bonds. The van der Waals surface area contributed by atoms with Crippen LogP contribution in [0.1, 0.15) is 31.4 Å². The third-order valence-electron chi connectivity index (χ3n) is 3.13. The molecule has 0 aliphatic heterocycles. The van der Waals surface area contributed by atoms with Gasteiger partial charge in [-0.1, -0.05) is 29.8 Å². The lowest BCUT2D eigenvalue weighted by molar-refractivity contribution is 0.0159. The van der Waals surface area contributed by atoms with E-state index in [1.54, 1.807) is 7.11 Å². The van der Waals surface area contributed by atoms with Crippen LogP contribution in [-0.2, 0) is 11.2 Å². The van der Waals surface area contributed by atoms with Crippen LogP contribution in [0, 0.1) is 6.92 Å². The monoisotopic (exact) mass is 235 g/mol. The SMILES string of the molecule is COC(C)(C)CCNCCc1cccc(C)c1. The second kappa shape index (κ2) is 6.77. The molecular weight excluding hydrogens is 210 g/mol. The van der Waals surface area contributed by atoms with E-state index in [0.717, 1.165) is 25.9 Å². The standard InChI is InChI=1S/C15H25NO/c1-13-6-5-7-14(12-13)8-10-16-11-9-15(2,3)17-4/h5-7,12,16H,8-11H2,1-4H3. The molecule has 0 fully saturated rings. The Morgan fingerprint density at radius 3 is 2.65 bits per heavy atom. The maximum Gasteiger partial charge on any atom is 0.0634 e. The van der Waals surface area contributed by atoms with Crippen molar-refractivity contribution in [3.63, 3.8) is 0 Å². The van der Waals surface area contributed by atoms with E-state index in [9.17, 15) is 0 Å². The van der Waals surface area contributed by atoms with E-state index in [1.807, 2.05) is 0 Å². The number of hydrogen-bond donors (Lipinski definition) is 1. The van der Waals surface area contributed by atoms with Gasteiger partial charge in [0.15, 0.2) is 0 Å². The lowest BCUT2D eigenvalue weighted by atomic mass is 10.1. The molecule has 2 nitrogen and oxygen atoms in total. The summed E-state index contributed by atoms with van der Waals surface area (Å²) in [4.78, 5) is 0. The highest BCUT2D eigenvalue weighted by atomic mass is 16.5. The molecule has 1 aromatic rings. The van der Waals surface area contributed by atoms with Crippen LogP contribution in [-0.4, -0.2) is 25.8 Å². The predicted octanol–water partition coefficient (Wildman–Crippen LogP) is 2.94. The minimum absolute atomic E-state index is 0.0175. The molecular formula is C15H25NO. The van der Waals surface area contributed by atoms with Crippen LogP contribution in [0.15, 0.2) is 24.3 Å². The van der Waals surface area contributed by atoms with Gasteiger partial charge >= 0.3 is 0 Å². The maximum absolute atomic E-state index is 5.38. The minimum Gasteiger partial charge on any atom is -0.379 e. The number of aryl methyl sites for hydroxylation is 1. The van der Waals surface area contributed by atoms with Crippen molar-refractivity contribution >= 4 is 0 Å². The van der Waals surface area contributed by atoms with Crippen LogP contribution in [0.4, 0.5) is 0 Å². The van der Waals surface area contributed by atoms with Crippen molar-refractivity contribution in [3.8, 4) is 0 Å². The van der Waals surface area contributed by atoms with Crippen LogP contribution in [0.3, 0.4) is 0 Å². The molecule has 0 aliphatic carbocycles. The summed E-state index contributed by atoms with van der Waals surface area (Å²) in [5.74, 6) is 0. The summed E-state index contributed by atoms with van der Waals surface area (Å²) >= 11 is 0. The number of nitrogens with one attached hydrogen (secondary N) is 1. The summed E-state index contributed by atoms with van der Waals surface area (Å²) in [5.41, 5.74) is 2.72. The van der Waals surface area contributed by atoms with Gasteiger partial charge in [-0.3, -0.25) is 0 Å². The zero-order valence-corrected chi connectivity index (χ0v) is 11.5. The summed E-state index contributed by atoms with van der Waals surface area (Å²) in [6.45, 7) is 8.42. The Bertz CT molecular complexity index is 333. The number of ether oxygens (including phenoxy) is 1.